The summed E-state index contributed by atoms with van der Waals surface area (Å²) in [6, 6.07) is 17.7. The van der Waals surface area contributed by atoms with Crippen LogP contribution in [0.4, 0.5) is 0 Å². The second-order valence-corrected chi connectivity index (χ2v) is 5.03. The van der Waals surface area contributed by atoms with E-state index in [0.29, 0.717) is 0 Å². The van der Waals surface area contributed by atoms with Crippen LogP contribution in [0.3, 0.4) is 0 Å². The van der Waals surface area contributed by atoms with Gasteiger partial charge < -0.3 is 0 Å². The molecule has 1 aliphatic carbocycles. The molecular formula is C18H18. The summed E-state index contributed by atoms with van der Waals surface area (Å²) in [4.78, 5) is 0. The minimum atomic E-state index is 1.18. The third-order valence-electron chi connectivity index (χ3n) is 3.67. The zero-order valence-electron chi connectivity index (χ0n) is 10.8. The van der Waals surface area contributed by atoms with Gasteiger partial charge in [0.1, 0.15) is 0 Å². The molecular weight excluding hydrogens is 216 g/mol. The zero-order chi connectivity index (χ0) is 12.4. The van der Waals surface area contributed by atoms with Crippen molar-refractivity contribution in [3.63, 3.8) is 0 Å². The summed E-state index contributed by atoms with van der Waals surface area (Å²) in [5, 5.41) is 0. The van der Waals surface area contributed by atoms with Crippen molar-refractivity contribution in [3.8, 4) is 0 Å². The highest BCUT2D eigenvalue weighted by molar-refractivity contribution is 5.81. The molecule has 0 saturated carbocycles. The Morgan fingerprint density at radius 1 is 0.889 bits per heavy atom. The van der Waals surface area contributed by atoms with E-state index in [4.69, 9.17) is 0 Å². The largest absolute Gasteiger partial charge is 0.0760 e. The Morgan fingerprint density at radius 3 is 2.50 bits per heavy atom. The van der Waals surface area contributed by atoms with E-state index < -0.39 is 0 Å². The van der Waals surface area contributed by atoms with Crippen LogP contribution in [-0.2, 0) is 6.42 Å². The van der Waals surface area contributed by atoms with Crippen molar-refractivity contribution in [1.82, 2.24) is 0 Å². The molecule has 0 heteroatoms. The average molecular weight is 234 g/mol. The summed E-state index contributed by atoms with van der Waals surface area (Å²) < 4.78 is 0. The number of allylic oxidation sites excluding steroid dienone is 1. The maximum Gasteiger partial charge on any atom is -0.0149 e. The standard InChI is InChI=1S/C18H18/c1-14-10-12-16(13-11-14)18-9-5-3-7-15-6-2-4-8-17(15)18/h2,4,6,8-13H,3,5,7H2,1H3. The first-order valence-corrected chi connectivity index (χ1v) is 6.70. The summed E-state index contributed by atoms with van der Waals surface area (Å²) in [6.45, 7) is 2.14. The maximum absolute atomic E-state index is 2.40. The van der Waals surface area contributed by atoms with Gasteiger partial charge in [-0.05, 0) is 48.4 Å². The Morgan fingerprint density at radius 2 is 1.67 bits per heavy atom. The van der Waals surface area contributed by atoms with E-state index in [0.717, 1.165) is 0 Å². The van der Waals surface area contributed by atoms with E-state index in [1.807, 2.05) is 0 Å². The fourth-order valence-electron chi connectivity index (χ4n) is 2.66. The third-order valence-corrected chi connectivity index (χ3v) is 3.67. The maximum atomic E-state index is 2.40. The van der Waals surface area contributed by atoms with Crippen molar-refractivity contribution in [3.05, 3.63) is 76.9 Å². The molecule has 0 radical (unpaired) electrons. The molecule has 0 fully saturated rings. The number of hydrogen-bond acceptors (Lipinski definition) is 0. The molecule has 0 aromatic heterocycles. The molecule has 0 N–H and O–H groups in total. The van der Waals surface area contributed by atoms with Crippen LogP contribution in [-0.4, -0.2) is 0 Å². The van der Waals surface area contributed by atoms with Crippen LogP contribution in [0.2, 0.25) is 0 Å². The number of rotatable bonds is 1. The second-order valence-electron chi connectivity index (χ2n) is 5.03. The van der Waals surface area contributed by atoms with E-state index >= 15 is 0 Å². The van der Waals surface area contributed by atoms with Crippen LogP contribution in [0, 0.1) is 6.92 Å². The predicted octanol–water partition coefficient (Wildman–Crippen LogP) is 4.76. The van der Waals surface area contributed by atoms with Gasteiger partial charge in [0, 0.05) is 0 Å². The van der Waals surface area contributed by atoms with Gasteiger partial charge in [0.15, 0.2) is 0 Å². The summed E-state index contributed by atoms with van der Waals surface area (Å²) >= 11 is 0. The van der Waals surface area contributed by atoms with Crippen molar-refractivity contribution < 1.29 is 0 Å². The van der Waals surface area contributed by atoms with Gasteiger partial charge in [0.25, 0.3) is 0 Å². The minimum Gasteiger partial charge on any atom is -0.0760 e. The van der Waals surface area contributed by atoms with Gasteiger partial charge in [-0.2, -0.15) is 0 Å². The lowest BCUT2D eigenvalue weighted by molar-refractivity contribution is 0.851. The Balaban J connectivity index is 2.11. The highest BCUT2D eigenvalue weighted by Gasteiger charge is 2.11. The third kappa shape index (κ3) is 2.11. The molecule has 0 heterocycles. The topological polar surface area (TPSA) is 0 Å². The molecule has 0 atom stereocenters. The van der Waals surface area contributed by atoms with Gasteiger partial charge in [-0.3, -0.25) is 0 Å². The Hall–Kier alpha value is -1.82. The second kappa shape index (κ2) is 4.81. The first kappa shape index (κ1) is 11.3. The molecule has 2 aromatic carbocycles. The molecule has 0 aliphatic heterocycles. The van der Waals surface area contributed by atoms with E-state index in [9.17, 15) is 0 Å². The van der Waals surface area contributed by atoms with E-state index in [-0.39, 0.29) is 0 Å². The van der Waals surface area contributed by atoms with Crippen LogP contribution in [0.15, 0.2) is 54.6 Å². The van der Waals surface area contributed by atoms with E-state index in [2.05, 4.69) is 61.5 Å². The van der Waals surface area contributed by atoms with Crippen LogP contribution < -0.4 is 0 Å². The molecule has 0 nitrogen and oxygen atoms in total. The van der Waals surface area contributed by atoms with Gasteiger partial charge in [0.2, 0.25) is 0 Å². The summed E-state index contributed by atoms with van der Waals surface area (Å²) in [7, 11) is 0. The highest BCUT2D eigenvalue weighted by Crippen LogP contribution is 2.30. The van der Waals surface area contributed by atoms with E-state index in [1.165, 1.54) is 47.1 Å². The number of hydrogen-bond donors (Lipinski definition) is 0. The number of aryl methyl sites for hydroxylation is 2. The average Bonchev–Trinajstić information content (AvgIpc) is 2.62. The number of fused-ring (bicyclic) bond motifs is 1. The molecule has 90 valence electrons. The van der Waals surface area contributed by atoms with Gasteiger partial charge in [-0.25, -0.2) is 0 Å². The Labute approximate surface area is 109 Å². The smallest absolute Gasteiger partial charge is 0.0149 e. The molecule has 1 aliphatic rings. The molecule has 0 unspecified atom stereocenters. The summed E-state index contributed by atoms with van der Waals surface area (Å²) in [5.41, 5.74) is 6.97. The monoisotopic (exact) mass is 234 g/mol. The molecule has 0 bridgehead atoms. The van der Waals surface area contributed by atoms with Crippen molar-refractivity contribution in [2.75, 3.05) is 0 Å². The van der Waals surface area contributed by atoms with Crippen LogP contribution in [0.1, 0.15) is 35.1 Å². The molecule has 18 heavy (non-hydrogen) atoms. The Kier molecular flexibility index (Phi) is 3.02. The van der Waals surface area contributed by atoms with Crippen molar-refractivity contribution in [2.45, 2.75) is 26.2 Å². The SMILES string of the molecule is Cc1ccc(C2=CCCCc3ccccc32)cc1. The fraction of sp³-hybridized carbons (Fsp3) is 0.222. The molecule has 0 saturated heterocycles. The van der Waals surface area contributed by atoms with E-state index in [1.54, 1.807) is 0 Å². The van der Waals surface area contributed by atoms with Gasteiger partial charge in [-0.15, -0.1) is 0 Å². The van der Waals surface area contributed by atoms with Crippen LogP contribution in [0.5, 0.6) is 0 Å². The molecule has 2 aromatic rings. The van der Waals surface area contributed by atoms with Crippen LogP contribution in [0.25, 0.3) is 5.57 Å². The minimum absolute atomic E-state index is 1.18. The molecule has 3 rings (SSSR count). The summed E-state index contributed by atoms with van der Waals surface area (Å²) in [6.07, 6.45) is 6.03. The predicted molar refractivity (Wildman–Crippen MR) is 77.6 cm³/mol. The lowest BCUT2D eigenvalue weighted by atomic mass is 9.93. The Bertz CT molecular complexity index is 573. The normalized spacial score (nSPS) is 14.6. The zero-order valence-corrected chi connectivity index (χ0v) is 10.8. The first-order chi connectivity index (χ1) is 8.84. The van der Waals surface area contributed by atoms with Crippen molar-refractivity contribution in [1.29, 1.82) is 0 Å². The van der Waals surface area contributed by atoms with Crippen molar-refractivity contribution in [2.24, 2.45) is 0 Å². The lowest BCUT2D eigenvalue weighted by Gasteiger charge is -2.11. The van der Waals surface area contributed by atoms with Crippen molar-refractivity contribution >= 4 is 5.57 Å². The summed E-state index contributed by atoms with van der Waals surface area (Å²) in [5.74, 6) is 0. The molecule has 0 amide bonds. The van der Waals surface area contributed by atoms with Gasteiger partial charge >= 0.3 is 0 Å². The molecule has 0 spiro atoms. The first-order valence-electron chi connectivity index (χ1n) is 6.70. The van der Waals surface area contributed by atoms with Gasteiger partial charge in [-0.1, -0.05) is 60.2 Å². The van der Waals surface area contributed by atoms with Gasteiger partial charge in [0.05, 0.1) is 0 Å². The number of benzene rings is 2. The highest BCUT2D eigenvalue weighted by atomic mass is 14.2. The fourth-order valence-corrected chi connectivity index (χ4v) is 2.66. The quantitative estimate of drug-likeness (QED) is 0.667. The van der Waals surface area contributed by atoms with Crippen LogP contribution >= 0.6 is 0 Å². The lowest BCUT2D eigenvalue weighted by Crippen LogP contribution is -1.92.